The van der Waals surface area contributed by atoms with E-state index in [1.807, 2.05) is 4.90 Å². The Labute approximate surface area is 92.3 Å². The fraction of sp³-hybridized carbons (Fsp3) is 0.750. The van der Waals surface area contributed by atoms with Crippen LogP contribution < -0.4 is 5.73 Å². The predicted molar refractivity (Wildman–Crippen MR) is 62.4 cm³/mol. The van der Waals surface area contributed by atoms with Crippen LogP contribution in [-0.2, 0) is 4.79 Å². The van der Waals surface area contributed by atoms with Crippen molar-refractivity contribution in [3.8, 4) is 0 Å². The quantitative estimate of drug-likeness (QED) is 0.703. The Hall–Kier alpha value is -0.830. The zero-order chi connectivity index (χ0) is 11.3. The molecule has 0 aromatic heterocycles. The summed E-state index contributed by atoms with van der Waals surface area (Å²) in [5.41, 5.74) is 6.67. The first-order valence-electron chi connectivity index (χ1n) is 5.84. The number of amides is 1. The third-order valence-electron chi connectivity index (χ3n) is 3.28. The molecule has 3 heteroatoms. The van der Waals surface area contributed by atoms with Gasteiger partial charge in [0.25, 0.3) is 0 Å². The lowest BCUT2D eigenvalue weighted by Crippen LogP contribution is -2.38. The number of carbonyl (C=O) groups is 1. The lowest BCUT2D eigenvalue weighted by molar-refractivity contribution is -0.129. The second kappa shape index (κ2) is 5.91. The molecule has 3 nitrogen and oxygen atoms in total. The number of nitrogens with two attached hydrogens (primary N) is 1. The maximum Gasteiger partial charge on any atom is 0.236 e. The van der Waals surface area contributed by atoms with Crippen molar-refractivity contribution in [2.45, 2.75) is 32.6 Å². The zero-order valence-electron chi connectivity index (χ0n) is 9.67. The van der Waals surface area contributed by atoms with Crippen LogP contribution in [0.3, 0.4) is 0 Å². The molecule has 1 aliphatic rings. The molecule has 1 unspecified atom stereocenters. The molecule has 1 rings (SSSR count). The molecular weight excluding hydrogens is 188 g/mol. The van der Waals surface area contributed by atoms with E-state index < -0.39 is 0 Å². The number of rotatable bonds is 2. The second-order valence-corrected chi connectivity index (χ2v) is 4.24. The molecule has 1 saturated heterocycles. The maximum absolute atomic E-state index is 11.5. The van der Waals surface area contributed by atoms with E-state index in [1.165, 1.54) is 12.0 Å². The number of nitrogens with zero attached hydrogens (tertiary/aromatic N) is 1. The monoisotopic (exact) mass is 210 g/mol. The average Bonchev–Trinajstić information content (AvgIpc) is 2.24. The number of hydrogen-bond acceptors (Lipinski definition) is 2. The van der Waals surface area contributed by atoms with Crippen molar-refractivity contribution >= 4 is 5.91 Å². The van der Waals surface area contributed by atoms with Gasteiger partial charge in [0.05, 0.1) is 6.54 Å². The molecule has 0 spiro atoms. The summed E-state index contributed by atoms with van der Waals surface area (Å²) in [6, 6.07) is 0. The van der Waals surface area contributed by atoms with Gasteiger partial charge in [-0.25, -0.2) is 0 Å². The molecule has 0 radical (unpaired) electrons. The Balaban J connectivity index is 2.52. The molecule has 0 aliphatic carbocycles. The SMILES string of the molecule is C=C1CCN(C(=O)CN)CCCC1CC. The van der Waals surface area contributed by atoms with Crippen LogP contribution in [0.2, 0.25) is 0 Å². The minimum absolute atomic E-state index is 0.0674. The van der Waals surface area contributed by atoms with Crippen molar-refractivity contribution in [1.82, 2.24) is 4.90 Å². The van der Waals surface area contributed by atoms with Gasteiger partial charge in [0, 0.05) is 13.1 Å². The lowest BCUT2D eigenvalue weighted by atomic mass is 9.89. The van der Waals surface area contributed by atoms with Crippen LogP contribution in [0.4, 0.5) is 0 Å². The molecule has 1 amide bonds. The van der Waals surface area contributed by atoms with Gasteiger partial charge < -0.3 is 10.6 Å². The minimum Gasteiger partial charge on any atom is -0.341 e. The summed E-state index contributed by atoms with van der Waals surface area (Å²) >= 11 is 0. The Kier molecular flexibility index (Phi) is 4.82. The smallest absolute Gasteiger partial charge is 0.236 e. The van der Waals surface area contributed by atoms with E-state index >= 15 is 0 Å². The average molecular weight is 210 g/mol. The molecule has 2 N–H and O–H groups in total. The molecule has 1 aliphatic heterocycles. The van der Waals surface area contributed by atoms with Gasteiger partial charge in [-0.1, -0.05) is 19.1 Å². The van der Waals surface area contributed by atoms with E-state index in [-0.39, 0.29) is 12.5 Å². The highest BCUT2D eigenvalue weighted by Crippen LogP contribution is 2.24. The van der Waals surface area contributed by atoms with Gasteiger partial charge >= 0.3 is 0 Å². The molecule has 0 bridgehead atoms. The summed E-state index contributed by atoms with van der Waals surface area (Å²) in [6.45, 7) is 8.11. The van der Waals surface area contributed by atoms with Gasteiger partial charge in [-0.05, 0) is 31.6 Å². The summed E-state index contributed by atoms with van der Waals surface area (Å²) in [5.74, 6) is 0.720. The molecule has 86 valence electrons. The van der Waals surface area contributed by atoms with Crippen LogP contribution in [0.1, 0.15) is 32.6 Å². The van der Waals surface area contributed by atoms with Crippen LogP contribution in [-0.4, -0.2) is 30.4 Å². The molecule has 15 heavy (non-hydrogen) atoms. The maximum atomic E-state index is 11.5. The van der Waals surface area contributed by atoms with Gasteiger partial charge in [0.1, 0.15) is 0 Å². The van der Waals surface area contributed by atoms with Crippen molar-refractivity contribution in [1.29, 1.82) is 0 Å². The normalized spacial score (nSPS) is 23.5. The lowest BCUT2D eigenvalue weighted by Gasteiger charge is -2.28. The van der Waals surface area contributed by atoms with Crippen molar-refractivity contribution in [3.05, 3.63) is 12.2 Å². The molecule has 1 fully saturated rings. The molecule has 0 aromatic rings. The highest BCUT2D eigenvalue weighted by Gasteiger charge is 2.18. The largest absolute Gasteiger partial charge is 0.341 e. The second-order valence-electron chi connectivity index (χ2n) is 4.24. The third-order valence-corrected chi connectivity index (χ3v) is 3.28. The van der Waals surface area contributed by atoms with E-state index in [1.54, 1.807) is 0 Å². The molecule has 0 aromatic carbocycles. The van der Waals surface area contributed by atoms with Crippen LogP contribution in [0.5, 0.6) is 0 Å². The highest BCUT2D eigenvalue weighted by atomic mass is 16.2. The topological polar surface area (TPSA) is 46.3 Å². The van der Waals surface area contributed by atoms with E-state index in [9.17, 15) is 4.79 Å². The van der Waals surface area contributed by atoms with Gasteiger partial charge in [0.2, 0.25) is 5.91 Å². The minimum atomic E-state index is 0.0674. The van der Waals surface area contributed by atoms with Crippen LogP contribution >= 0.6 is 0 Å². The molecule has 1 heterocycles. The van der Waals surface area contributed by atoms with Gasteiger partial charge in [-0.2, -0.15) is 0 Å². The molecule has 0 saturated carbocycles. The number of likely N-dealkylation sites (tertiary alicyclic amines) is 1. The Morgan fingerprint density at radius 2 is 2.33 bits per heavy atom. The Morgan fingerprint density at radius 3 is 2.93 bits per heavy atom. The standard InChI is InChI=1S/C12H22N2O/c1-3-11-5-4-7-14(12(15)9-13)8-6-10(11)2/h11H,2-9,13H2,1H3. The van der Waals surface area contributed by atoms with E-state index in [2.05, 4.69) is 13.5 Å². The van der Waals surface area contributed by atoms with Crippen molar-refractivity contribution in [3.63, 3.8) is 0 Å². The van der Waals surface area contributed by atoms with Gasteiger partial charge in [-0.15, -0.1) is 0 Å². The van der Waals surface area contributed by atoms with Crippen molar-refractivity contribution < 1.29 is 4.79 Å². The van der Waals surface area contributed by atoms with Crippen molar-refractivity contribution in [2.75, 3.05) is 19.6 Å². The van der Waals surface area contributed by atoms with Crippen molar-refractivity contribution in [2.24, 2.45) is 11.7 Å². The number of hydrogen-bond donors (Lipinski definition) is 1. The highest BCUT2D eigenvalue weighted by molar-refractivity contribution is 5.78. The Morgan fingerprint density at radius 1 is 1.60 bits per heavy atom. The predicted octanol–water partition coefficient (Wildman–Crippen LogP) is 1.54. The number of carbonyl (C=O) groups excluding carboxylic acids is 1. The van der Waals surface area contributed by atoms with Gasteiger partial charge in [-0.3, -0.25) is 4.79 Å². The van der Waals surface area contributed by atoms with Gasteiger partial charge in [0.15, 0.2) is 0 Å². The Bertz CT molecular complexity index is 238. The third kappa shape index (κ3) is 3.34. The fourth-order valence-electron chi connectivity index (χ4n) is 2.20. The summed E-state index contributed by atoms with van der Waals surface area (Å²) in [6.07, 6.45) is 4.33. The molecule has 1 atom stereocenters. The summed E-state index contributed by atoms with van der Waals surface area (Å²) < 4.78 is 0. The fourth-order valence-corrected chi connectivity index (χ4v) is 2.20. The summed E-state index contributed by atoms with van der Waals surface area (Å²) in [4.78, 5) is 13.3. The first-order valence-corrected chi connectivity index (χ1v) is 5.84. The van der Waals surface area contributed by atoms with Crippen LogP contribution in [0.15, 0.2) is 12.2 Å². The first-order chi connectivity index (χ1) is 7.19. The van der Waals surface area contributed by atoms with Crippen LogP contribution in [0.25, 0.3) is 0 Å². The summed E-state index contributed by atoms with van der Waals surface area (Å²) in [5, 5.41) is 0. The van der Waals surface area contributed by atoms with E-state index in [0.717, 1.165) is 32.4 Å². The van der Waals surface area contributed by atoms with E-state index in [0.29, 0.717) is 5.92 Å². The van der Waals surface area contributed by atoms with E-state index in [4.69, 9.17) is 5.73 Å². The zero-order valence-corrected chi connectivity index (χ0v) is 9.67. The first kappa shape index (κ1) is 12.2. The summed E-state index contributed by atoms with van der Waals surface area (Å²) in [7, 11) is 0. The van der Waals surface area contributed by atoms with Crippen LogP contribution in [0, 0.1) is 5.92 Å². The molecular formula is C12H22N2O.